The number of amides is 1. The summed E-state index contributed by atoms with van der Waals surface area (Å²) < 4.78 is 45.1. The molecule has 1 aliphatic carbocycles. The maximum atomic E-state index is 13.9. The number of carbonyl (C=O) groups is 1. The summed E-state index contributed by atoms with van der Waals surface area (Å²) in [4.78, 5) is 23.4. The maximum Gasteiger partial charge on any atom is 0.263 e. The fourth-order valence-corrected chi connectivity index (χ4v) is 6.32. The van der Waals surface area contributed by atoms with Crippen molar-refractivity contribution in [1.29, 1.82) is 0 Å². The SMILES string of the molecule is O=C(NC1CCCCC1)c1c(NS(=O)(=O)c2ccc(F)cc2)n(Cc2ccccc2)c2nc3ccccc3nc12. The molecule has 0 radical (unpaired) electrons. The van der Waals surface area contributed by atoms with Crippen molar-refractivity contribution < 1.29 is 17.6 Å². The molecule has 1 amide bonds. The highest BCUT2D eigenvalue weighted by molar-refractivity contribution is 7.92. The summed E-state index contributed by atoms with van der Waals surface area (Å²) in [5.74, 6) is -0.901. The van der Waals surface area contributed by atoms with Gasteiger partial charge in [-0.1, -0.05) is 61.7 Å². The minimum atomic E-state index is -4.20. The van der Waals surface area contributed by atoms with Crippen molar-refractivity contribution in [2.75, 3.05) is 4.72 Å². The van der Waals surface area contributed by atoms with E-state index in [0.717, 1.165) is 49.8 Å². The van der Waals surface area contributed by atoms with Gasteiger partial charge in [0.25, 0.3) is 15.9 Å². The Balaban J connectivity index is 1.57. The molecule has 2 aromatic heterocycles. The smallest absolute Gasteiger partial charge is 0.263 e. The maximum absolute atomic E-state index is 13.9. The summed E-state index contributed by atoms with van der Waals surface area (Å²) in [5, 5.41) is 3.12. The van der Waals surface area contributed by atoms with Crippen molar-refractivity contribution in [3.63, 3.8) is 0 Å². The molecule has 1 fully saturated rings. The predicted molar refractivity (Wildman–Crippen MR) is 152 cm³/mol. The number of aromatic nitrogens is 3. The molecule has 2 N–H and O–H groups in total. The van der Waals surface area contributed by atoms with Crippen LogP contribution in [0.3, 0.4) is 0 Å². The van der Waals surface area contributed by atoms with Crippen LogP contribution in [0.5, 0.6) is 0 Å². The van der Waals surface area contributed by atoms with Gasteiger partial charge in [-0.3, -0.25) is 9.52 Å². The number of hydrogen-bond donors (Lipinski definition) is 2. The zero-order valence-electron chi connectivity index (χ0n) is 21.7. The largest absolute Gasteiger partial charge is 0.349 e. The quantitative estimate of drug-likeness (QED) is 0.270. The fraction of sp³-hybridized carbons (Fsp3) is 0.233. The average Bonchev–Trinajstić information content (AvgIpc) is 3.24. The molecule has 0 spiro atoms. The van der Waals surface area contributed by atoms with Crippen molar-refractivity contribution in [2.45, 2.75) is 49.6 Å². The van der Waals surface area contributed by atoms with E-state index < -0.39 is 21.7 Å². The molecule has 3 aromatic carbocycles. The van der Waals surface area contributed by atoms with Gasteiger partial charge in [0.05, 0.1) is 22.5 Å². The number of sulfonamides is 1. The zero-order valence-corrected chi connectivity index (χ0v) is 22.5. The zero-order chi connectivity index (χ0) is 27.7. The molecule has 5 aromatic rings. The molecule has 0 saturated heterocycles. The lowest BCUT2D eigenvalue weighted by Crippen LogP contribution is -2.36. The van der Waals surface area contributed by atoms with Gasteiger partial charge in [-0.25, -0.2) is 22.8 Å². The molecule has 2 heterocycles. The Labute approximate surface area is 231 Å². The molecule has 0 bridgehead atoms. The van der Waals surface area contributed by atoms with Gasteiger partial charge in [-0.05, 0) is 54.8 Å². The first kappa shape index (κ1) is 25.9. The van der Waals surface area contributed by atoms with E-state index in [4.69, 9.17) is 9.97 Å². The number of benzene rings is 3. The summed E-state index contributed by atoms with van der Waals surface area (Å²) in [5.41, 5.74) is 2.89. The Bertz CT molecular complexity index is 1800. The van der Waals surface area contributed by atoms with Gasteiger partial charge >= 0.3 is 0 Å². The highest BCUT2D eigenvalue weighted by atomic mass is 32.2. The fourth-order valence-electron chi connectivity index (χ4n) is 5.25. The van der Waals surface area contributed by atoms with Crippen LogP contribution in [0, 0.1) is 5.82 Å². The van der Waals surface area contributed by atoms with Crippen LogP contribution in [0.1, 0.15) is 48.0 Å². The number of carbonyl (C=O) groups excluding carboxylic acids is 1. The Morgan fingerprint density at radius 2 is 1.52 bits per heavy atom. The normalized spacial score (nSPS) is 14.4. The number of hydrogen-bond acceptors (Lipinski definition) is 5. The second-order valence-electron chi connectivity index (χ2n) is 10.0. The highest BCUT2D eigenvalue weighted by Crippen LogP contribution is 2.33. The summed E-state index contributed by atoms with van der Waals surface area (Å²) in [6, 6.07) is 21.4. The number of rotatable bonds is 7. The van der Waals surface area contributed by atoms with E-state index in [2.05, 4.69) is 10.0 Å². The molecule has 40 heavy (non-hydrogen) atoms. The Morgan fingerprint density at radius 3 is 2.23 bits per heavy atom. The molecule has 1 aliphatic rings. The minimum absolute atomic E-state index is 0.0104. The van der Waals surface area contributed by atoms with Crippen LogP contribution in [-0.2, 0) is 16.6 Å². The van der Waals surface area contributed by atoms with E-state index in [-0.39, 0.29) is 28.9 Å². The first-order valence-electron chi connectivity index (χ1n) is 13.3. The van der Waals surface area contributed by atoms with Gasteiger partial charge in [0.15, 0.2) is 5.65 Å². The highest BCUT2D eigenvalue weighted by Gasteiger charge is 2.30. The predicted octanol–water partition coefficient (Wildman–Crippen LogP) is 5.64. The lowest BCUT2D eigenvalue weighted by Gasteiger charge is -2.23. The minimum Gasteiger partial charge on any atom is -0.349 e. The van der Waals surface area contributed by atoms with E-state index in [9.17, 15) is 17.6 Å². The van der Waals surface area contributed by atoms with Crippen LogP contribution in [0.4, 0.5) is 10.2 Å². The number of fused-ring (bicyclic) bond motifs is 2. The van der Waals surface area contributed by atoms with Crippen molar-refractivity contribution in [2.24, 2.45) is 0 Å². The third-order valence-electron chi connectivity index (χ3n) is 7.26. The van der Waals surface area contributed by atoms with E-state index in [1.807, 2.05) is 54.6 Å². The van der Waals surface area contributed by atoms with Gasteiger partial charge < -0.3 is 9.88 Å². The van der Waals surface area contributed by atoms with Crippen molar-refractivity contribution >= 4 is 43.9 Å². The summed E-state index contributed by atoms with van der Waals surface area (Å²) >= 11 is 0. The van der Waals surface area contributed by atoms with E-state index in [1.165, 1.54) is 12.1 Å². The molecule has 1 saturated carbocycles. The summed E-state index contributed by atoms with van der Waals surface area (Å²) in [7, 11) is -4.20. The monoisotopic (exact) mass is 557 g/mol. The van der Waals surface area contributed by atoms with Gasteiger partial charge in [-0.15, -0.1) is 0 Å². The van der Waals surface area contributed by atoms with Crippen LogP contribution in [0.25, 0.3) is 22.2 Å². The topological polar surface area (TPSA) is 106 Å². The average molecular weight is 558 g/mol. The molecular formula is C30H28FN5O3S. The van der Waals surface area contributed by atoms with E-state index in [0.29, 0.717) is 22.2 Å². The third-order valence-corrected chi connectivity index (χ3v) is 8.61. The van der Waals surface area contributed by atoms with Gasteiger partial charge in [0, 0.05) is 6.04 Å². The second kappa shape index (κ2) is 10.7. The third kappa shape index (κ3) is 5.14. The van der Waals surface area contributed by atoms with Gasteiger partial charge in [0.1, 0.15) is 22.7 Å². The number of nitrogens with zero attached hydrogens (tertiary/aromatic N) is 3. The number of anilines is 1. The lowest BCUT2D eigenvalue weighted by molar-refractivity contribution is 0.0930. The molecule has 6 rings (SSSR count). The molecular weight excluding hydrogens is 529 g/mol. The standard InChI is InChI=1S/C30H28FN5O3S/c31-21-15-17-23(18-16-21)40(38,39)35-28-26(30(37)32-22-11-5-2-6-12-22)27-29(34-25-14-8-7-13-24(25)33-27)36(28)19-20-9-3-1-4-10-20/h1,3-4,7-10,13-18,22,35H,2,5-6,11-12,19H2,(H,32,37). The van der Waals surface area contributed by atoms with Crippen molar-refractivity contribution in [3.8, 4) is 0 Å². The van der Waals surface area contributed by atoms with Crippen LogP contribution in [0.2, 0.25) is 0 Å². The van der Waals surface area contributed by atoms with Crippen LogP contribution in [-0.4, -0.2) is 34.9 Å². The van der Waals surface area contributed by atoms with Gasteiger partial charge in [-0.2, -0.15) is 0 Å². The van der Waals surface area contributed by atoms with Crippen molar-refractivity contribution in [3.05, 3.63) is 95.8 Å². The Morgan fingerprint density at radius 1 is 0.875 bits per heavy atom. The van der Waals surface area contributed by atoms with E-state index >= 15 is 0 Å². The first-order chi connectivity index (χ1) is 19.4. The lowest BCUT2D eigenvalue weighted by atomic mass is 9.95. The Kier molecular flexibility index (Phi) is 6.93. The molecule has 8 nitrogen and oxygen atoms in total. The number of halogens is 1. The first-order valence-corrected chi connectivity index (χ1v) is 14.8. The summed E-state index contributed by atoms with van der Waals surface area (Å²) in [6.45, 7) is 0.238. The van der Waals surface area contributed by atoms with Crippen LogP contribution >= 0.6 is 0 Å². The van der Waals surface area contributed by atoms with Crippen LogP contribution in [0.15, 0.2) is 83.8 Å². The molecule has 10 heteroatoms. The number of nitrogens with one attached hydrogen (secondary N) is 2. The number of para-hydroxylation sites is 2. The van der Waals surface area contributed by atoms with Crippen LogP contribution < -0.4 is 10.0 Å². The van der Waals surface area contributed by atoms with Gasteiger partial charge in [0.2, 0.25) is 0 Å². The molecule has 204 valence electrons. The van der Waals surface area contributed by atoms with Crippen molar-refractivity contribution in [1.82, 2.24) is 19.9 Å². The molecule has 0 unspecified atom stereocenters. The summed E-state index contributed by atoms with van der Waals surface area (Å²) in [6.07, 6.45) is 4.90. The molecule has 0 aliphatic heterocycles. The second-order valence-corrected chi connectivity index (χ2v) is 11.7. The Hall–Kier alpha value is -4.31. The van der Waals surface area contributed by atoms with E-state index in [1.54, 1.807) is 4.57 Å². The molecule has 0 atom stereocenters.